The fourth-order valence-electron chi connectivity index (χ4n) is 0.892. The molecule has 4 atom stereocenters. The number of aliphatic hydroxyl groups is 2. The van der Waals surface area contributed by atoms with Crippen molar-refractivity contribution >= 4 is 12.3 Å². The van der Waals surface area contributed by atoms with Crippen molar-refractivity contribution in [1.82, 2.24) is 0 Å². The zero-order valence-corrected chi connectivity index (χ0v) is 15.7. The normalized spacial score (nSPS) is 13.8. The van der Waals surface area contributed by atoms with Crippen molar-refractivity contribution in [1.29, 1.82) is 0 Å². The molecule has 0 heterocycles. The smallest absolute Gasteiger partial charge is 0.431 e. The summed E-state index contributed by atoms with van der Waals surface area (Å²) in [5, 5.41) is 17.2. The molecule has 0 aromatic rings. The molecule has 0 saturated heterocycles. The second kappa shape index (κ2) is 15.3. The summed E-state index contributed by atoms with van der Waals surface area (Å²) >= 11 is 0. The third-order valence-corrected chi connectivity index (χ3v) is 2.54. The second-order valence-corrected chi connectivity index (χ2v) is 5.17. The van der Waals surface area contributed by atoms with E-state index in [0.717, 1.165) is 0 Å². The Hall–Kier alpha value is -2.22. The highest BCUT2D eigenvalue weighted by Gasteiger charge is 2.17. The lowest BCUT2D eigenvalue weighted by Gasteiger charge is -2.12. The van der Waals surface area contributed by atoms with E-state index in [-0.39, 0.29) is 12.2 Å². The Kier molecular flexibility index (Phi) is 15.3. The maximum Gasteiger partial charge on any atom is 0.518 e. The van der Waals surface area contributed by atoms with Crippen molar-refractivity contribution in [3.63, 3.8) is 0 Å². The minimum absolute atomic E-state index is 0.270. The van der Waals surface area contributed by atoms with Gasteiger partial charge in [-0.15, -0.1) is 0 Å². The van der Waals surface area contributed by atoms with Crippen molar-refractivity contribution in [2.75, 3.05) is 0 Å². The van der Waals surface area contributed by atoms with Crippen LogP contribution in [0.4, 0.5) is 9.59 Å². The first kappa shape index (κ1) is 25.0. The van der Waals surface area contributed by atoms with Crippen LogP contribution in [0.5, 0.6) is 0 Å². The van der Waals surface area contributed by atoms with Gasteiger partial charge < -0.3 is 24.4 Å². The molecule has 142 valence electrons. The molecule has 0 bridgehead atoms. The molecule has 0 aromatic carbocycles. The highest BCUT2D eigenvalue weighted by Crippen LogP contribution is 2.02. The Morgan fingerprint density at radius 2 is 1.12 bits per heavy atom. The lowest BCUT2D eigenvalue weighted by Crippen LogP contribution is -2.22. The summed E-state index contributed by atoms with van der Waals surface area (Å²) < 4.78 is 13.7. The van der Waals surface area contributed by atoms with E-state index in [4.69, 9.17) is 19.7 Å². The van der Waals surface area contributed by atoms with E-state index in [1.54, 1.807) is 27.7 Å². The number of aliphatic hydroxyl groups excluding tert-OH is 2. The van der Waals surface area contributed by atoms with E-state index in [1.807, 2.05) is 13.8 Å². The molecule has 2 N–H and O–H groups in total. The quantitative estimate of drug-likeness (QED) is 0.453. The lowest BCUT2D eigenvalue weighted by molar-refractivity contribution is 0.00689. The average molecular weight is 356 g/mol. The molecule has 0 amide bonds. The topological polar surface area (TPSA) is 102 Å². The van der Waals surface area contributed by atoms with E-state index >= 15 is 0 Å². The van der Waals surface area contributed by atoms with Gasteiger partial charge in [0.15, 0.2) is 0 Å². The zero-order valence-electron chi connectivity index (χ0n) is 15.7. The molecule has 4 unspecified atom stereocenters. The Labute approximate surface area is 149 Å². The molecular formula is C18H28O7. The molecule has 0 saturated carbocycles. The maximum atomic E-state index is 10.9. The summed E-state index contributed by atoms with van der Waals surface area (Å²) in [6.45, 7) is 10.2. The van der Waals surface area contributed by atoms with Crippen LogP contribution in [0.15, 0.2) is 0 Å². The first-order valence-electron chi connectivity index (χ1n) is 8.08. The predicted molar refractivity (Wildman–Crippen MR) is 92.5 cm³/mol. The van der Waals surface area contributed by atoms with E-state index in [9.17, 15) is 9.59 Å². The van der Waals surface area contributed by atoms with Crippen molar-refractivity contribution in [3.05, 3.63) is 0 Å². The first-order chi connectivity index (χ1) is 11.6. The number of carbonyl (C=O) groups is 2. The third kappa shape index (κ3) is 19.7. The van der Waals surface area contributed by atoms with E-state index in [2.05, 4.69) is 28.4 Å². The molecule has 0 aliphatic heterocycles. The molecule has 0 aromatic heterocycles. The van der Waals surface area contributed by atoms with Gasteiger partial charge in [0.25, 0.3) is 0 Å². The Morgan fingerprint density at radius 1 is 0.800 bits per heavy atom. The highest BCUT2D eigenvalue weighted by molar-refractivity contribution is 5.77. The van der Waals surface area contributed by atoms with Crippen LogP contribution in [0.2, 0.25) is 0 Å². The number of ether oxygens (including phenoxy) is 3. The molecule has 0 fully saturated rings. The summed E-state index contributed by atoms with van der Waals surface area (Å²) in [5.74, 6) is 9.63. The lowest BCUT2D eigenvalue weighted by atomic mass is 10.3. The van der Waals surface area contributed by atoms with E-state index in [0.29, 0.717) is 12.8 Å². The maximum absolute atomic E-state index is 10.9. The molecular weight excluding hydrogens is 328 g/mol. The van der Waals surface area contributed by atoms with E-state index in [1.165, 1.54) is 0 Å². The summed E-state index contributed by atoms with van der Waals surface area (Å²) in [5.41, 5.74) is 0. The molecule has 0 aliphatic carbocycles. The van der Waals surface area contributed by atoms with Gasteiger partial charge in [-0.2, -0.15) is 0 Å². The van der Waals surface area contributed by atoms with Gasteiger partial charge in [-0.1, -0.05) is 25.7 Å². The minimum atomic E-state index is -1.02. The first-order valence-corrected chi connectivity index (χ1v) is 8.08. The van der Waals surface area contributed by atoms with Crippen molar-refractivity contribution in [3.8, 4) is 23.7 Å². The van der Waals surface area contributed by atoms with Crippen LogP contribution in [-0.4, -0.2) is 46.9 Å². The van der Waals surface area contributed by atoms with Crippen LogP contribution in [0.1, 0.15) is 54.4 Å². The number of hydrogen-bond donors (Lipinski definition) is 2. The third-order valence-electron chi connectivity index (χ3n) is 2.54. The molecule has 7 heteroatoms. The van der Waals surface area contributed by atoms with Crippen LogP contribution in [0.3, 0.4) is 0 Å². The van der Waals surface area contributed by atoms with Gasteiger partial charge in [0.2, 0.25) is 0 Å². The van der Waals surface area contributed by atoms with Crippen LogP contribution in [-0.2, 0) is 14.2 Å². The molecule has 7 nitrogen and oxygen atoms in total. The standard InChI is InChI=1S/C10H18O5.C8H10O2/c1-5-7(3)13-9(11)15-10(12)14-8(4)6-2;1-7(9)5-3-4-6-8(2)10/h7-8H,5-6H2,1-4H3;7-10H,1-2H3. The van der Waals surface area contributed by atoms with Crippen LogP contribution in [0, 0.1) is 23.7 Å². The molecule has 0 radical (unpaired) electrons. The Bertz CT molecular complexity index is 457. The van der Waals surface area contributed by atoms with Gasteiger partial charge in [0.05, 0.1) is 0 Å². The number of rotatable bonds is 4. The summed E-state index contributed by atoms with van der Waals surface area (Å²) in [7, 11) is 0. The monoisotopic (exact) mass is 356 g/mol. The van der Waals surface area contributed by atoms with Gasteiger partial charge in [0.1, 0.15) is 24.4 Å². The Balaban J connectivity index is 0. The molecule has 0 spiro atoms. The Morgan fingerprint density at radius 3 is 1.36 bits per heavy atom. The van der Waals surface area contributed by atoms with Crippen molar-refractivity contribution in [2.24, 2.45) is 0 Å². The van der Waals surface area contributed by atoms with Gasteiger partial charge in [-0.25, -0.2) is 9.59 Å². The fraction of sp³-hybridized carbons (Fsp3) is 0.667. The number of hydrogen-bond acceptors (Lipinski definition) is 7. The van der Waals surface area contributed by atoms with Crippen molar-refractivity contribution in [2.45, 2.75) is 78.8 Å². The zero-order chi connectivity index (χ0) is 19.8. The summed E-state index contributed by atoms with van der Waals surface area (Å²) in [4.78, 5) is 21.9. The fourth-order valence-corrected chi connectivity index (χ4v) is 0.892. The van der Waals surface area contributed by atoms with Crippen LogP contribution < -0.4 is 0 Å². The average Bonchev–Trinajstić information content (AvgIpc) is 2.51. The highest BCUT2D eigenvalue weighted by atomic mass is 16.8. The SMILES string of the molecule is CC(O)C#CC#CC(C)O.CCC(C)OC(=O)OC(=O)OC(C)CC. The number of carbonyl (C=O) groups excluding carboxylic acids is 2. The van der Waals surface area contributed by atoms with Crippen molar-refractivity contribution < 1.29 is 34.0 Å². The van der Waals surface area contributed by atoms with Crippen LogP contribution >= 0.6 is 0 Å². The predicted octanol–water partition coefficient (Wildman–Crippen LogP) is 2.63. The summed E-state index contributed by atoms with van der Waals surface area (Å²) in [6, 6.07) is 0. The van der Waals surface area contributed by atoms with Crippen LogP contribution in [0.25, 0.3) is 0 Å². The van der Waals surface area contributed by atoms with E-state index < -0.39 is 24.5 Å². The van der Waals surface area contributed by atoms with Gasteiger partial charge in [-0.05, 0) is 52.4 Å². The second-order valence-electron chi connectivity index (χ2n) is 5.17. The van der Waals surface area contributed by atoms with Gasteiger partial charge in [-0.3, -0.25) is 0 Å². The largest absolute Gasteiger partial charge is 0.518 e. The molecule has 0 rings (SSSR count). The summed E-state index contributed by atoms with van der Waals surface area (Å²) in [6.07, 6.45) is -2.55. The van der Waals surface area contributed by atoms with Gasteiger partial charge >= 0.3 is 12.3 Å². The molecule has 0 aliphatic rings. The molecule has 25 heavy (non-hydrogen) atoms. The minimum Gasteiger partial charge on any atom is -0.431 e. The van der Waals surface area contributed by atoms with Gasteiger partial charge in [0, 0.05) is 0 Å².